The maximum atomic E-state index is 13.6. The SMILES string of the molecule is CC(NC(=O)NCc1ccccc1F)c1cccc2ccccc12. The minimum Gasteiger partial charge on any atom is -0.334 e. The second-order valence-corrected chi connectivity index (χ2v) is 5.71. The van der Waals surface area contributed by atoms with Crippen molar-refractivity contribution < 1.29 is 9.18 Å². The molecule has 2 amide bonds. The van der Waals surface area contributed by atoms with Crippen LogP contribution in [-0.2, 0) is 6.54 Å². The molecule has 0 radical (unpaired) electrons. The third-order valence-electron chi connectivity index (χ3n) is 4.03. The van der Waals surface area contributed by atoms with E-state index in [0.717, 1.165) is 16.3 Å². The summed E-state index contributed by atoms with van der Waals surface area (Å²) in [4.78, 5) is 12.1. The highest BCUT2D eigenvalue weighted by Gasteiger charge is 2.12. The molecule has 0 aliphatic rings. The third-order valence-corrected chi connectivity index (χ3v) is 4.03. The standard InChI is InChI=1S/C20H19FN2O/c1-14(17-11-6-9-15-7-2-4-10-18(15)17)23-20(24)22-13-16-8-3-5-12-19(16)21/h2-12,14H,13H2,1H3,(H2,22,23,24). The van der Waals surface area contributed by atoms with E-state index in [2.05, 4.69) is 10.6 Å². The number of hydrogen-bond acceptors (Lipinski definition) is 1. The van der Waals surface area contributed by atoms with Gasteiger partial charge in [0.15, 0.2) is 0 Å². The summed E-state index contributed by atoms with van der Waals surface area (Å²) in [5.41, 5.74) is 1.51. The summed E-state index contributed by atoms with van der Waals surface area (Å²) in [6.45, 7) is 2.09. The quantitative estimate of drug-likeness (QED) is 0.727. The van der Waals surface area contributed by atoms with Crippen molar-refractivity contribution in [3.63, 3.8) is 0 Å². The lowest BCUT2D eigenvalue weighted by molar-refractivity contribution is 0.237. The molecule has 0 bridgehead atoms. The van der Waals surface area contributed by atoms with E-state index in [1.807, 2.05) is 49.4 Å². The van der Waals surface area contributed by atoms with E-state index in [0.29, 0.717) is 5.56 Å². The maximum Gasteiger partial charge on any atom is 0.315 e. The summed E-state index contributed by atoms with van der Waals surface area (Å²) in [6, 6.07) is 20.0. The fourth-order valence-corrected chi connectivity index (χ4v) is 2.77. The zero-order valence-corrected chi connectivity index (χ0v) is 13.4. The summed E-state index contributed by atoms with van der Waals surface area (Å²) in [5.74, 6) is -0.320. The molecule has 3 nitrogen and oxygen atoms in total. The maximum absolute atomic E-state index is 13.6. The van der Waals surface area contributed by atoms with Crippen LogP contribution < -0.4 is 10.6 Å². The van der Waals surface area contributed by atoms with Crippen molar-refractivity contribution >= 4 is 16.8 Å². The molecule has 1 unspecified atom stereocenters. The average molecular weight is 322 g/mol. The van der Waals surface area contributed by atoms with Gasteiger partial charge in [-0.3, -0.25) is 0 Å². The minimum atomic E-state index is -0.321. The number of rotatable bonds is 4. The number of hydrogen-bond donors (Lipinski definition) is 2. The van der Waals surface area contributed by atoms with Crippen molar-refractivity contribution in [2.24, 2.45) is 0 Å². The average Bonchev–Trinajstić information content (AvgIpc) is 2.60. The lowest BCUT2D eigenvalue weighted by Crippen LogP contribution is -2.36. The van der Waals surface area contributed by atoms with Crippen LogP contribution in [0, 0.1) is 5.82 Å². The van der Waals surface area contributed by atoms with Gasteiger partial charge in [-0.25, -0.2) is 9.18 Å². The Bertz CT molecular complexity index is 858. The fourth-order valence-electron chi connectivity index (χ4n) is 2.77. The van der Waals surface area contributed by atoms with Gasteiger partial charge in [0.1, 0.15) is 5.82 Å². The first kappa shape index (κ1) is 16.0. The predicted molar refractivity (Wildman–Crippen MR) is 94.1 cm³/mol. The number of carbonyl (C=O) groups excluding carboxylic acids is 1. The van der Waals surface area contributed by atoms with E-state index >= 15 is 0 Å². The van der Waals surface area contributed by atoms with Gasteiger partial charge >= 0.3 is 6.03 Å². The van der Waals surface area contributed by atoms with Crippen LogP contribution in [0.15, 0.2) is 66.7 Å². The van der Waals surface area contributed by atoms with Crippen LogP contribution in [0.2, 0.25) is 0 Å². The van der Waals surface area contributed by atoms with Crippen molar-refractivity contribution in [3.05, 3.63) is 83.7 Å². The molecule has 122 valence electrons. The Kier molecular flexibility index (Phi) is 4.75. The van der Waals surface area contributed by atoms with Crippen LogP contribution >= 0.6 is 0 Å². The Labute approximate surface area is 140 Å². The monoisotopic (exact) mass is 322 g/mol. The molecular formula is C20H19FN2O. The highest BCUT2D eigenvalue weighted by molar-refractivity contribution is 5.86. The van der Waals surface area contributed by atoms with E-state index in [1.54, 1.807) is 18.2 Å². The smallest absolute Gasteiger partial charge is 0.315 e. The summed E-state index contributed by atoms with van der Waals surface area (Å²) in [6.07, 6.45) is 0. The molecule has 3 aromatic rings. The number of amides is 2. The zero-order chi connectivity index (χ0) is 16.9. The first-order chi connectivity index (χ1) is 11.6. The molecular weight excluding hydrogens is 303 g/mol. The van der Waals surface area contributed by atoms with Crippen molar-refractivity contribution in [1.29, 1.82) is 0 Å². The Morgan fingerprint density at radius 1 is 1.00 bits per heavy atom. The molecule has 3 rings (SSSR count). The summed E-state index contributed by atoms with van der Waals surface area (Å²) < 4.78 is 13.6. The van der Waals surface area contributed by atoms with Crippen LogP contribution in [0.5, 0.6) is 0 Å². The van der Waals surface area contributed by atoms with Crippen molar-refractivity contribution in [2.75, 3.05) is 0 Å². The Hall–Kier alpha value is -2.88. The van der Waals surface area contributed by atoms with Crippen LogP contribution in [0.25, 0.3) is 10.8 Å². The summed E-state index contributed by atoms with van der Waals surface area (Å²) >= 11 is 0. The number of carbonyl (C=O) groups is 1. The lowest BCUT2D eigenvalue weighted by atomic mass is 10.00. The number of urea groups is 1. The van der Waals surface area contributed by atoms with Crippen LogP contribution in [0.3, 0.4) is 0 Å². The van der Waals surface area contributed by atoms with Gasteiger partial charge in [0.25, 0.3) is 0 Å². The van der Waals surface area contributed by atoms with Gasteiger partial charge in [-0.05, 0) is 29.3 Å². The van der Waals surface area contributed by atoms with Gasteiger partial charge in [-0.15, -0.1) is 0 Å². The molecule has 24 heavy (non-hydrogen) atoms. The van der Waals surface area contributed by atoms with Crippen LogP contribution in [0.4, 0.5) is 9.18 Å². The summed E-state index contributed by atoms with van der Waals surface area (Å²) in [7, 11) is 0. The highest BCUT2D eigenvalue weighted by Crippen LogP contribution is 2.23. The normalized spacial score (nSPS) is 11.9. The topological polar surface area (TPSA) is 41.1 Å². The first-order valence-corrected chi connectivity index (χ1v) is 7.90. The molecule has 0 aromatic heterocycles. The number of nitrogens with one attached hydrogen (secondary N) is 2. The molecule has 0 saturated carbocycles. The number of benzene rings is 3. The predicted octanol–water partition coefficient (Wildman–Crippen LogP) is 4.54. The van der Waals surface area contributed by atoms with E-state index in [9.17, 15) is 9.18 Å². The Morgan fingerprint density at radius 3 is 2.54 bits per heavy atom. The lowest BCUT2D eigenvalue weighted by Gasteiger charge is -2.17. The molecule has 0 saturated heterocycles. The molecule has 2 N–H and O–H groups in total. The number of fused-ring (bicyclic) bond motifs is 1. The van der Waals surface area contributed by atoms with Gasteiger partial charge in [-0.2, -0.15) is 0 Å². The molecule has 3 aromatic carbocycles. The molecule has 0 aliphatic carbocycles. The van der Waals surface area contributed by atoms with Crippen LogP contribution in [-0.4, -0.2) is 6.03 Å². The second kappa shape index (κ2) is 7.13. The van der Waals surface area contributed by atoms with Gasteiger partial charge < -0.3 is 10.6 Å². The van der Waals surface area contributed by atoms with E-state index < -0.39 is 0 Å². The van der Waals surface area contributed by atoms with Crippen molar-refractivity contribution in [2.45, 2.75) is 19.5 Å². The van der Waals surface area contributed by atoms with E-state index in [-0.39, 0.29) is 24.4 Å². The Morgan fingerprint density at radius 2 is 1.71 bits per heavy atom. The summed E-state index contributed by atoms with van der Waals surface area (Å²) in [5, 5.41) is 7.85. The first-order valence-electron chi connectivity index (χ1n) is 7.90. The fraction of sp³-hybridized carbons (Fsp3) is 0.150. The van der Waals surface area contributed by atoms with Crippen LogP contribution in [0.1, 0.15) is 24.1 Å². The molecule has 0 spiro atoms. The molecule has 0 fully saturated rings. The van der Waals surface area contributed by atoms with Crippen molar-refractivity contribution in [3.8, 4) is 0 Å². The van der Waals surface area contributed by atoms with Crippen molar-refractivity contribution in [1.82, 2.24) is 10.6 Å². The Balaban J connectivity index is 1.67. The largest absolute Gasteiger partial charge is 0.334 e. The minimum absolute atomic E-state index is 0.154. The molecule has 0 aliphatic heterocycles. The third kappa shape index (κ3) is 3.54. The molecule has 0 heterocycles. The van der Waals surface area contributed by atoms with Gasteiger partial charge in [-0.1, -0.05) is 60.7 Å². The molecule has 4 heteroatoms. The molecule has 1 atom stereocenters. The van der Waals surface area contributed by atoms with Gasteiger partial charge in [0.2, 0.25) is 0 Å². The van der Waals surface area contributed by atoms with Gasteiger partial charge in [0, 0.05) is 12.1 Å². The van der Waals surface area contributed by atoms with E-state index in [4.69, 9.17) is 0 Å². The zero-order valence-electron chi connectivity index (χ0n) is 13.4. The number of halogens is 1. The van der Waals surface area contributed by atoms with Gasteiger partial charge in [0.05, 0.1) is 6.04 Å². The van der Waals surface area contributed by atoms with E-state index in [1.165, 1.54) is 6.07 Å². The highest BCUT2D eigenvalue weighted by atomic mass is 19.1. The second-order valence-electron chi connectivity index (χ2n) is 5.71.